The Hall–Kier alpha value is -2.51. The van der Waals surface area contributed by atoms with Crippen molar-refractivity contribution in [3.05, 3.63) is 35.7 Å². The predicted molar refractivity (Wildman–Crippen MR) is 65.0 cm³/mol. The molecule has 0 bridgehead atoms. The maximum atomic E-state index is 13.0. The molecule has 106 valence electrons. The zero-order valence-electron chi connectivity index (χ0n) is 10.3. The molecule has 3 N–H and O–H groups in total. The molecule has 0 spiro atoms. The lowest BCUT2D eigenvalue weighted by atomic mass is 9.97. The molecule has 0 saturated heterocycles. The molecule has 0 radical (unpaired) electrons. The first-order chi connectivity index (χ1) is 9.20. The maximum absolute atomic E-state index is 13.0. The minimum Gasteiger partial charge on any atom is -0.478 e. The minimum atomic E-state index is -4.64. The summed E-state index contributed by atoms with van der Waals surface area (Å²) in [6, 6.07) is 1.54. The number of nitrogen functional groups attached to an aromatic ring is 1. The van der Waals surface area contributed by atoms with E-state index in [0.717, 1.165) is 6.07 Å². The largest absolute Gasteiger partial charge is 0.478 e. The fourth-order valence-corrected chi connectivity index (χ4v) is 1.84. The van der Waals surface area contributed by atoms with Crippen LogP contribution >= 0.6 is 0 Å². The Morgan fingerprint density at radius 3 is 2.50 bits per heavy atom. The lowest BCUT2D eigenvalue weighted by Gasteiger charge is -2.14. The van der Waals surface area contributed by atoms with E-state index in [0.29, 0.717) is 6.07 Å². The molecule has 1 aromatic carbocycles. The van der Waals surface area contributed by atoms with Crippen molar-refractivity contribution in [2.75, 3.05) is 5.73 Å². The molecule has 2 aromatic rings. The van der Waals surface area contributed by atoms with Gasteiger partial charge in [-0.15, -0.1) is 0 Å². The fourth-order valence-electron chi connectivity index (χ4n) is 1.84. The molecule has 0 atom stereocenters. The Bertz CT molecular complexity index is 677. The van der Waals surface area contributed by atoms with Crippen molar-refractivity contribution in [1.29, 1.82) is 0 Å². The molecule has 0 fully saturated rings. The Kier molecular flexibility index (Phi) is 3.16. The molecule has 5 nitrogen and oxygen atoms in total. The van der Waals surface area contributed by atoms with E-state index in [-0.39, 0.29) is 16.7 Å². The quantitative estimate of drug-likeness (QED) is 0.830. The maximum Gasteiger partial charge on any atom is 0.417 e. The predicted octanol–water partition coefficient (Wildman–Crippen LogP) is 2.39. The topological polar surface area (TPSA) is 81.1 Å². The van der Waals surface area contributed by atoms with Gasteiger partial charge in [0, 0.05) is 24.5 Å². The number of carboxylic acids is 1. The first-order valence-electron chi connectivity index (χ1n) is 5.43. The Morgan fingerprint density at radius 1 is 1.40 bits per heavy atom. The van der Waals surface area contributed by atoms with E-state index in [1.807, 2.05) is 0 Å². The van der Waals surface area contributed by atoms with E-state index >= 15 is 0 Å². The number of aromatic carboxylic acids is 1. The lowest BCUT2D eigenvalue weighted by Crippen LogP contribution is -2.11. The number of rotatable bonds is 2. The molecule has 0 aliphatic heterocycles. The normalized spacial score (nSPS) is 11.6. The number of hydrogen-bond donors (Lipinski definition) is 2. The van der Waals surface area contributed by atoms with Crippen molar-refractivity contribution in [3.8, 4) is 11.1 Å². The molecule has 0 saturated carbocycles. The van der Waals surface area contributed by atoms with Crippen LogP contribution in [0, 0.1) is 0 Å². The van der Waals surface area contributed by atoms with Gasteiger partial charge in [0.05, 0.1) is 17.3 Å². The van der Waals surface area contributed by atoms with Crippen LogP contribution in [-0.4, -0.2) is 20.9 Å². The Balaban J connectivity index is 2.75. The summed E-state index contributed by atoms with van der Waals surface area (Å²) in [6.07, 6.45) is -2.05. The number of alkyl halides is 3. The molecule has 2 rings (SSSR count). The van der Waals surface area contributed by atoms with E-state index < -0.39 is 23.4 Å². The summed E-state index contributed by atoms with van der Waals surface area (Å²) in [7, 11) is 1.55. The molecular formula is C12H10F3N3O2. The van der Waals surface area contributed by atoms with Crippen molar-refractivity contribution in [1.82, 2.24) is 9.78 Å². The van der Waals surface area contributed by atoms with E-state index in [9.17, 15) is 18.0 Å². The smallest absolute Gasteiger partial charge is 0.417 e. The third-order valence-electron chi connectivity index (χ3n) is 2.74. The van der Waals surface area contributed by atoms with Gasteiger partial charge in [-0.1, -0.05) is 0 Å². The van der Waals surface area contributed by atoms with Gasteiger partial charge in [0.1, 0.15) is 0 Å². The van der Waals surface area contributed by atoms with Crippen molar-refractivity contribution in [2.24, 2.45) is 7.05 Å². The van der Waals surface area contributed by atoms with Crippen LogP contribution in [-0.2, 0) is 13.2 Å². The van der Waals surface area contributed by atoms with E-state index in [4.69, 9.17) is 10.8 Å². The summed E-state index contributed by atoms with van der Waals surface area (Å²) in [5.74, 6) is -1.39. The van der Waals surface area contributed by atoms with Gasteiger partial charge in [-0.3, -0.25) is 4.68 Å². The first-order valence-corrected chi connectivity index (χ1v) is 5.43. The molecule has 20 heavy (non-hydrogen) atoms. The van der Waals surface area contributed by atoms with Gasteiger partial charge in [0.2, 0.25) is 0 Å². The third-order valence-corrected chi connectivity index (χ3v) is 2.74. The van der Waals surface area contributed by atoms with Crippen LogP contribution in [0.25, 0.3) is 11.1 Å². The SMILES string of the molecule is Cn1cc(-c2cc(C(=O)O)c(N)cc2C(F)(F)F)cn1. The highest BCUT2D eigenvalue weighted by atomic mass is 19.4. The number of nitrogens with two attached hydrogens (primary N) is 1. The molecule has 0 unspecified atom stereocenters. The molecular weight excluding hydrogens is 275 g/mol. The van der Waals surface area contributed by atoms with Crippen molar-refractivity contribution < 1.29 is 23.1 Å². The number of nitrogens with zero attached hydrogens (tertiary/aromatic N) is 2. The average Bonchev–Trinajstić information content (AvgIpc) is 2.73. The number of hydrogen-bond acceptors (Lipinski definition) is 3. The monoisotopic (exact) mass is 285 g/mol. The number of carbonyl (C=O) groups is 1. The van der Waals surface area contributed by atoms with Crippen molar-refractivity contribution in [3.63, 3.8) is 0 Å². The number of benzene rings is 1. The molecule has 0 aliphatic carbocycles. The number of aromatic nitrogens is 2. The van der Waals surface area contributed by atoms with E-state index in [2.05, 4.69) is 5.10 Å². The van der Waals surface area contributed by atoms with Crippen LogP contribution in [0.5, 0.6) is 0 Å². The number of anilines is 1. The summed E-state index contributed by atoms with van der Waals surface area (Å²) in [5, 5.41) is 12.7. The van der Waals surface area contributed by atoms with Gasteiger partial charge in [-0.25, -0.2) is 4.79 Å². The van der Waals surface area contributed by atoms with E-state index in [1.54, 1.807) is 7.05 Å². The summed E-state index contributed by atoms with van der Waals surface area (Å²) in [6.45, 7) is 0. The number of carboxylic acid groups (broad SMARTS) is 1. The van der Waals surface area contributed by atoms with Crippen LogP contribution < -0.4 is 5.73 Å². The zero-order chi connectivity index (χ0) is 15.1. The summed E-state index contributed by atoms with van der Waals surface area (Å²) in [4.78, 5) is 11.0. The molecule has 1 heterocycles. The van der Waals surface area contributed by atoms with Gasteiger partial charge in [0.15, 0.2) is 0 Å². The van der Waals surface area contributed by atoms with Gasteiger partial charge in [-0.2, -0.15) is 18.3 Å². The summed E-state index contributed by atoms with van der Waals surface area (Å²) in [5.41, 5.74) is 3.47. The average molecular weight is 285 g/mol. The fraction of sp³-hybridized carbons (Fsp3) is 0.167. The highest BCUT2D eigenvalue weighted by molar-refractivity contribution is 5.96. The van der Waals surface area contributed by atoms with Crippen LogP contribution in [0.4, 0.5) is 18.9 Å². The van der Waals surface area contributed by atoms with Gasteiger partial charge < -0.3 is 10.8 Å². The van der Waals surface area contributed by atoms with Gasteiger partial charge in [0.25, 0.3) is 0 Å². The second-order valence-corrected chi connectivity index (χ2v) is 4.19. The Labute approximate surface area is 111 Å². The number of halogens is 3. The van der Waals surface area contributed by atoms with Crippen LogP contribution in [0.15, 0.2) is 24.5 Å². The first kappa shape index (κ1) is 13.9. The van der Waals surface area contributed by atoms with Crippen LogP contribution in [0.1, 0.15) is 15.9 Å². The lowest BCUT2D eigenvalue weighted by molar-refractivity contribution is -0.137. The highest BCUT2D eigenvalue weighted by Gasteiger charge is 2.35. The standard InChI is InChI=1S/C12H10F3N3O2/c1-18-5-6(4-17-18)7-2-8(11(19)20)10(16)3-9(7)12(13,14)15/h2-5H,16H2,1H3,(H,19,20). The minimum absolute atomic E-state index is 0.169. The van der Waals surface area contributed by atoms with Gasteiger partial charge in [-0.05, 0) is 17.7 Å². The molecule has 8 heteroatoms. The Morgan fingerprint density at radius 2 is 2.05 bits per heavy atom. The van der Waals surface area contributed by atoms with Crippen molar-refractivity contribution in [2.45, 2.75) is 6.18 Å². The van der Waals surface area contributed by atoms with Crippen molar-refractivity contribution >= 4 is 11.7 Å². The second-order valence-electron chi connectivity index (χ2n) is 4.19. The second kappa shape index (κ2) is 4.55. The molecule has 0 amide bonds. The van der Waals surface area contributed by atoms with Crippen LogP contribution in [0.2, 0.25) is 0 Å². The number of aryl methyl sites for hydroxylation is 1. The third kappa shape index (κ3) is 2.44. The zero-order valence-corrected chi connectivity index (χ0v) is 10.3. The molecule has 0 aliphatic rings. The highest BCUT2D eigenvalue weighted by Crippen LogP contribution is 2.39. The van der Waals surface area contributed by atoms with Crippen LogP contribution in [0.3, 0.4) is 0 Å². The summed E-state index contributed by atoms with van der Waals surface area (Å²) < 4.78 is 40.4. The van der Waals surface area contributed by atoms with Gasteiger partial charge >= 0.3 is 12.1 Å². The molecule has 1 aromatic heterocycles. The van der Waals surface area contributed by atoms with E-state index in [1.165, 1.54) is 17.1 Å². The summed E-state index contributed by atoms with van der Waals surface area (Å²) >= 11 is 0.